The average Bonchev–Trinajstić information content (AvgIpc) is 2.68. The third kappa shape index (κ3) is 5.78. The highest BCUT2D eigenvalue weighted by Gasteiger charge is 2.10. The second kappa shape index (κ2) is 10.0. The number of ether oxygens (including phenoxy) is 2. The van der Waals surface area contributed by atoms with E-state index in [2.05, 4.69) is 22.3 Å². The van der Waals surface area contributed by atoms with Crippen LogP contribution in [0.2, 0.25) is 10.0 Å². The van der Waals surface area contributed by atoms with Crippen LogP contribution in [0.4, 0.5) is 5.69 Å². The molecule has 2 aromatic carbocycles. The fourth-order valence-corrected chi connectivity index (χ4v) is 3.17. The first kappa shape index (κ1) is 19.3. The number of nitrogens with zero attached hydrogens (tertiary/aromatic N) is 1. The largest absolute Gasteiger partial charge is 0.494 e. The molecular weight excluding hydrogens is 371 g/mol. The van der Waals surface area contributed by atoms with Gasteiger partial charge in [0, 0.05) is 38.3 Å². The van der Waals surface area contributed by atoms with Gasteiger partial charge in [0.1, 0.15) is 5.75 Å². The maximum atomic E-state index is 5.99. The first-order valence-electron chi connectivity index (χ1n) is 8.92. The summed E-state index contributed by atoms with van der Waals surface area (Å²) in [6, 6.07) is 13.9. The maximum absolute atomic E-state index is 5.99. The van der Waals surface area contributed by atoms with Gasteiger partial charge in [-0.3, -0.25) is 0 Å². The fourth-order valence-electron chi connectivity index (χ4n) is 2.85. The molecule has 0 aromatic heterocycles. The molecule has 0 atom stereocenters. The first-order valence-corrected chi connectivity index (χ1v) is 9.68. The molecule has 0 saturated carbocycles. The maximum Gasteiger partial charge on any atom is 0.119 e. The third-order valence-electron chi connectivity index (χ3n) is 4.27. The smallest absolute Gasteiger partial charge is 0.119 e. The van der Waals surface area contributed by atoms with Gasteiger partial charge >= 0.3 is 0 Å². The number of hydrogen-bond donors (Lipinski definition) is 1. The monoisotopic (exact) mass is 394 g/mol. The molecule has 6 heteroatoms. The predicted molar refractivity (Wildman–Crippen MR) is 108 cm³/mol. The van der Waals surface area contributed by atoms with E-state index in [1.165, 1.54) is 5.69 Å². The summed E-state index contributed by atoms with van der Waals surface area (Å²) in [4.78, 5) is 2.39. The molecule has 1 fully saturated rings. The fraction of sp³-hybridized carbons (Fsp3) is 0.400. The minimum atomic E-state index is 0.524. The second-order valence-electron chi connectivity index (χ2n) is 6.23. The van der Waals surface area contributed by atoms with Crippen molar-refractivity contribution in [1.29, 1.82) is 0 Å². The third-order valence-corrected chi connectivity index (χ3v) is 5.01. The van der Waals surface area contributed by atoms with Crippen molar-refractivity contribution in [2.75, 3.05) is 44.3 Å². The van der Waals surface area contributed by atoms with Crippen LogP contribution in [0, 0.1) is 0 Å². The molecule has 2 aromatic rings. The summed E-state index contributed by atoms with van der Waals surface area (Å²) >= 11 is 11.9. The van der Waals surface area contributed by atoms with Crippen LogP contribution < -0.4 is 15.0 Å². The standard InChI is InChI=1S/C20H24Cl2N2O2/c21-19-7-2-16(14-20(19)22)15-25-12-1-13-26-18-5-3-17(4-6-18)24-10-8-23-9-11-24/h2-7,14,23H,1,8-13,15H2. The molecule has 1 heterocycles. The Kier molecular flexibility index (Phi) is 7.44. The molecule has 1 aliphatic rings. The number of nitrogens with one attached hydrogen (secondary N) is 1. The van der Waals surface area contributed by atoms with Crippen LogP contribution in [0.5, 0.6) is 5.75 Å². The quantitative estimate of drug-likeness (QED) is 0.673. The highest BCUT2D eigenvalue weighted by atomic mass is 35.5. The van der Waals surface area contributed by atoms with Crippen LogP contribution >= 0.6 is 23.2 Å². The Morgan fingerprint density at radius 1 is 0.923 bits per heavy atom. The summed E-state index contributed by atoms with van der Waals surface area (Å²) in [5.74, 6) is 0.897. The van der Waals surface area contributed by atoms with Gasteiger partial charge in [0.25, 0.3) is 0 Å². The number of hydrogen-bond acceptors (Lipinski definition) is 4. The topological polar surface area (TPSA) is 33.7 Å². The zero-order chi connectivity index (χ0) is 18.2. The van der Waals surface area contributed by atoms with E-state index in [0.717, 1.165) is 43.9 Å². The van der Waals surface area contributed by atoms with Gasteiger partial charge in [0.05, 0.1) is 29.9 Å². The van der Waals surface area contributed by atoms with Crippen molar-refractivity contribution < 1.29 is 9.47 Å². The van der Waals surface area contributed by atoms with Crippen LogP contribution in [-0.2, 0) is 11.3 Å². The van der Waals surface area contributed by atoms with E-state index >= 15 is 0 Å². The van der Waals surface area contributed by atoms with Crippen LogP contribution in [0.15, 0.2) is 42.5 Å². The minimum absolute atomic E-state index is 0.524. The predicted octanol–water partition coefficient (Wildman–Crippen LogP) is 4.39. The Hall–Kier alpha value is -1.46. The van der Waals surface area contributed by atoms with Gasteiger partial charge in [-0.25, -0.2) is 0 Å². The summed E-state index contributed by atoms with van der Waals surface area (Å²) in [7, 11) is 0. The van der Waals surface area contributed by atoms with E-state index in [0.29, 0.717) is 29.9 Å². The molecular formula is C20H24Cl2N2O2. The van der Waals surface area contributed by atoms with Crippen LogP contribution in [-0.4, -0.2) is 39.4 Å². The minimum Gasteiger partial charge on any atom is -0.494 e. The Morgan fingerprint density at radius 3 is 2.42 bits per heavy atom. The van der Waals surface area contributed by atoms with Gasteiger partial charge in [-0.15, -0.1) is 0 Å². The summed E-state index contributed by atoms with van der Waals surface area (Å²) in [6.45, 7) is 5.98. The first-order chi connectivity index (χ1) is 12.7. The lowest BCUT2D eigenvalue weighted by Crippen LogP contribution is -2.43. The number of piperazine rings is 1. The van der Waals surface area contributed by atoms with Crippen molar-refractivity contribution in [2.24, 2.45) is 0 Å². The van der Waals surface area contributed by atoms with Crippen molar-refractivity contribution >= 4 is 28.9 Å². The lowest BCUT2D eigenvalue weighted by atomic mass is 10.2. The van der Waals surface area contributed by atoms with Crippen molar-refractivity contribution in [2.45, 2.75) is 13.0 Å². The number of anilines is 1. The molecule has 140 valence electrons. The molecule has 0 bridgehead atoms. The summed E-state index contributed by atoms with van der Waals surface area (Å²) in [5.41, 5.74) is 2.27. The van der Waals surface area contributed by atoms with E-state index in [-0.39, 0.29) is 0 Å². The number of halogens is 2. The lowest BCUT2D eigenvalue weighted by Gasteiger charge is -2.29. The van der Waals surface area contributed by atoms with Crippen LogP contribution in [0.25, 0.3) is 0 Å². The van der Waals surface area contributed by atoms with Crippen LogP contribution in [0.1, 0.15) is 12.0 Å². The van der Waals surface area contributed by atoms with Crippen LogP contribution in [0.3, 0.4) is 0 Å². The van der Waals surface area contributed by atoms with E-state index in [9.17, 15) is 0 Å². The van der Waals surface area contributed by atoms with Gasteiger partial charge in [-0.1, -0.05) is 29.3 Å². The van der Waals surface area contributed by atoms with Crippen molar-refractivity contribution in [3.8, 4) is 5.75 Å². The second-order valence-corrected chi connectivity index (χ2v) is 7.05. The van der Waals surface area contributed by atoms with Gasteiger partial charge in [0.2, 0.25) is 0 Å². The van der Waals surface area contributed by atoms with Gasteiger partial charge in [0.15, 0.2) is 0 Å². The molecule has 26 heavy (non-hydrogen) atoms. The summed E-state index contributed by atoms with van der Waals surface area (Å²) in [6.07, 6.45) is 0.834. The highest BCUT2D eigenvalue weighted by Crippen LogP contribution is 2.23. The highest BCUT2D eigenvalue weighted by molar-refractivity contribution is 6.42. The Morgan fingerprint density at radius 2 is 1.69 bits per heavy atom. The Balaban J connectivity index is 1.32. The van der Waals surface area contributed by atoms with Gasteiger partial charge in [-0.05, 0) is 42.0 Å². The SMILES string of the molecule is Clc1ccc(COCCCOc2ccc(N3CCNCC3)cc2)cc1Cl. The Bertz CT molecular complexity index is 689. The van der Waals surface area contributed by atoms with Gasteiger partial charge in [-0.2, -0.15) is 0 Å². The molecule has 1 N–H and O–H groups in total. The average molecular weight is 395 g/mol. The molecule has 1 aliphatic heterocycles. The molecule has 3 rings (SSSR count). The zero-order valence-corrected chi connectivity index (χ0v) is 16.2. The van der Waals surface area contributed by atoms with E-state index in [1.54, 1.807) is 6.07 Å². The zero-order valence-electron chi connectivity index (χ0n) is 14.7. The summed E-state index contributed by atoms with van der Waals surface area (Å²) < 4.78 is 11.4. The van der Waals surface area contributed by atoms with E-state index < -0.39 is 0 Å². The molecule has 4 nitrogen and oxygen atoms in total. The van der Waals surface area contributed by atoms with Crippen molar-refractivity contribution in [3.05, 3.63) is 58.1 Å². The van der Waals surface area contributed by atoms with Crippen molar-refractivity contribution in [3.63, 3.8) is 0 Å². The molecule has 1 saturated heterocycles. The molecule has 0 radical (unpaired) electrons. The Labute approximate surface area is 165 Å². The number of benzene rings is 2. The van der Waals surface area contributed by atoms with E-state index in [1.807, 2.05) is 24.3 Å². The van der Waals surface area contributed by atoms with Gasteiger partial charge < -0.3 is 19.7 Å². The molecule has 0 unspecified atom stereocenters. The molecule has 0 aliphatic carbocycles. The summed E-state index contributed by atoms with van der Waals surface area (Å²) in [5, 5.41) is 4.48. The molecule has 0 amide bonds. The van der Waals surface area contributed by atoms with E-state index in [4.69, 9.17) is 32.7 Å². The van der Waals surface area contributed by atoms with Crippen molar-refractivity contribution in [1.82, 2.24) is 5.32 Å². The lowest BCUT2D eigenvalue weighted by molar-refractivity contribution is 0.107. The normalized spacial score (nSPS) is 14.5. The number of rotatable bonds is 8. The molecule has 0 spiro atoms.